The third-order valence-electron chi connectivity index (χ3n) is 4.92. The monoisotopic (exact) mass is 509 g/mol. The third-order valence-corrected chi connectivity index (χ3v) is 4.92. The van der Waals surface area contributed by atoms with E-state index < -0.39 is 0 Å². The summed E-state index contributed by atoms with van der Waals surface area (Å²) in [6, 6.07) is 17.7. The maximum absolute atomic E-state index is 11.7. The van der Waals surface area contributed by atoms with Crippen molar-refractivity contribution >= 4 is 35.9 Å². The number of aliphatic imine (C=N–C) groups is 1. The molecule has 0 aromatic heterocycles. The number of carbonyl (C=O) groups excluding carboxylic acids is 1. The van der Waals surface area contributed by atoms with E-state index in [2.05, 4.69) is 15.2 Å². The maximum Gasteiger partial charge on any atom is 0.308 e. The Hall–Kier alpha value is -2.29. The zero-order valence-electron chi connectivity index (χ0n) is 16.8. The minimum Gasteiger partial charge on any atom is -0.469 e. The van der Waals surface area contributed by atoms with E-state index in [1.54, 1.807) is 7.05 Å². The van der Waals surface area contributed by atoms with Crippen LogP contribution in [0, 0.1) is 5.92 Å². The zero-order chi connectivity index (χ0) is 19.8. The van der Waals surface area contributed by atoms with Crippen molar-refractivity contribution < 1.29 is 14.3 Å². The Morgan fingerprint density at radius 3 is 2.41 bits per heavy atom. The lowest BCUT2D eigenvalue weighted by Crippen LogP contribution is -2.46. The number of piperidine rings is 1. The number of likely N-dealkylation sites (tertiary alicyclic amines) is 1. The topological polar surface area (TPSA) is 63.2 Å². The van der Waals surface area contributed by atoms with Gasteiger partial charge in [0.2, 0.25) is 0 Å². The van der Waals surface area contributed by atoms with Crippen LogP contribution in [0.15, 0.2) is 59.6 Å². The van der Waals surface area contributed by atoms with Gasteiger partial charge in [-0.3, -0.25) is 9.79 Å². The van der Waals surface area contributed by atoms with E-state index in [0.29, 0.717) is 6.54 Å². The Balaban J connectivity index is 0.00000300. The van der Waals surface area contributed by atoms with Crippen LogP contribution in [0.25, 0.3) is 0 Å². The van der Waals surface area contributed by atoms with E-state index in [0.717, 1.165) is 49.0 Å². The molecule has 0 saturated carbocycles. The highest BCUT2D eigenvalue weighted by molar-refractivity contribution is 14.0. The van der Waals surface area contributed by atoms with E-state index in [1.807, 2.05) is 54.6 Å². The fourth-order valence-electron chi connectivity index (χ4n) is 3.37. The number of benzene rings is 2. The Morgan fingerprint density at radius 1 is 1.10 bits per heavy atom. The number of methoxy groups -OCH3 is 1. The molecule has 2 aromatic rings. The molecule has 0 amide bonds. The van der Waals surface area contributed by atoms with Gasteiger partial charge >= 0.3 is 5.97 Å². The highest BCUT2D eigenvalue weighted by Crippen LogP contribution is 2.25. The average molecular weight is 509 g/mol. The Kier molecular flexibility index (Phi) is 9.24. The molecule has 1 saturated heterocycles. The molecule has 0 radical (unpaired) electrons. The summed E-state index contributed by atoms with van der Waals surface area (Å²) in [7, 11) is 3.23. The molecular formula is C22H28IN3O3. The zero-order valence-corrected chi connectivity index (χ0v) is 19.2. The van der Waals surface area contributed by atoms with Crippen LogP contribution in [0.2, 0.25) is 0 Å². The van der Waals surface area contributed by atoms with Gasteiger partial charge in [-0.05, 0) is 31.0 Å². The molecule has 3 rings (SSSR count). The minimum atomic E-state index is -0.116. The second-order valence-electron chi connectivity index (χ2n) is 6.71. The van der Waals surface area contributed by atoms with Crippen LogP contribution >= 0.6 is 24.0 Å². The summed E-state index contributed by atoms with van der Waals surface area (Å²) < 4.78 is 10.9. The van der Waals surface area contributed by atoms with E-state index in [9.17, 15) is 4.79 Å². The van der Waals surface area contributed by atoms with Crippen LogP contribution in [-0.4, -0.2) is 44.1 Å². The summed E-state index contributed by atoms with van der Waals surface area (Å²) in [5.74, 6) is 2.33. The average Bonchev–Trinajstić information content (AvgIpc) is 2.76. The molecule has 0 aliphatic carbocycles. The maximum atomic E-state index is 11.7. The van der Waals surface area contributed by atoms with Crippen LogP contribution in [0.1, 0.15) is 18.4 Å². The number of carbonyl (C=O) groups is 1. The quantitative estimate of drug-likeness (QED) is 0.285. The number of halogens is 1. The SMILES string of the molecule is CN=C(NCc1ccccc1Oc1ccccc1)N1CCC(C(=O)OC)CC1.I. The van der Waals surface area contributed by atoms with Gasteiger partial charge in [0.05, 0.1) is 13.0 Å². The van der Waals surface area contributed by atoms with Gasteiger partial charge in [0.15, 0.2) is 5.96 Å². The van der Waals surface area contributed by atoms with Gasteiger partial charge in [0, 0.05) is 32.2 Å². The van der Waals surface area contributed by atoms with Gasteiger partial charge in [-0.1, -0.05) is 36.4 Å². The lowest BCUT2D eigenvalue weighted by atomic mass is 9.97. The van der Waals surface area contributed by atoms with Crippen molar-refractivity contribution in [3.8, 4) is 11.5 Å². The van der Waals surface area contributed by atoms with Crippen molar-refractivity contribution in [2.75, 3.05) is 27.2 Å². The fourth-order valence-corrected chi connectivity index (χ4v) is 3.37. The standard InChI is InChI=1S/C22H27N3O3.HI/c1-23-22(25-14-12-17(13-15-25)21(26)27-2)24-16-18-8-6-7-11-20(18)28-19-9-4-3-5-10-19;/h3-11,17H,12-16H2,1-2H3,(H,23,24);1H. The number of hydrogen-bond acceptors (Lipinski definition) is 4. The molecule has 1 fully saturated rings. The summed E-state index contributed by atoms with van der Waals surface area (Å²) in [6.45, 7) is 2.16. The fraction of sp³-hybridized carbons (Fsp3) is 0.364. The molecule has 0 atom stereocenters. The Morgan fingerprint density at radius 2 is 1.76 bits per heavy atom. The normalized spacial score (nSPS) is 14.7. The molecule has 0 spiro atoms. The number of guanidine groups is 1. The van der Waals surface area contributed by atoms with E-state index in [1.165, 1.54) is 7.11 Å². The molecule has 2 aromatic carbocycles. The lowest BCUT2D eigenvalue weighted by Gasteiger charge is -2.33. The smallest absolute Gasteiger partial charge is 0.308 e. The third kappa shape index (κ3) is 6.35. The summed E-state index contributed by atoms with van der Waals surface area (Å²) in [4.78, 5) is 18.3. The number of nitrogens with zero attached hydrogens (tertiary/aromatic N) is 2. The molecule has 0 unspecified atom stereocenters. The highest BCUT2D eigenvalue weighted by Gasteiger charge is 2.27. The Bertz CT molecular complexity index is 806. The number of esters is 1. The van der Waals surface area contributed by atoms with Crippen molar-refractivity contribution in [3.63, 3.8) is 0 Å². The summed E-state index contributed by atoms with van der Waals surface area (Å²) in [5, 5.41) is 3.42. The first kappa shape index (κ1) is 23.0. The van der Waals surface area contributed by atoms with Gasteiger partial charge in [-0.25, -0.2) is 0 Å². The number of hydrogen-bond donors (Lipinski definition) is 1. The van der Waals surface area contributed by atoms with Gasteiger partial charge < -0.3 is 19.7 Å². The first-order valence-electron chi connectivity index (χ1n) is 9.55. The summed E-state index contributed by atoms with van der Waals surface area (Å²) in [6.07, 6.45) is 1.56. The molecular weight excluding hydrogens is 481 g/mol. The van der Waals surface area contributed by atoms with Crippen molar-refractivity contribution in [2.45, 2.75) is 19.4 Å². The molecule has 7 heteroatoms. The predicted molar refractivity (Wildman–Crippen MR) is 125 cm³/mol. The molecule has 1 heterocycles. The number of rotatable bonds is 5. The second-order valence-corrected chi connectivity index (χ2v) is 6.71. The Labute approximate surface area is 189 Å². The molecule has 6 nitrogen and oxygen atoms in total. The predicted octanol–water partition coefficient (Wildman–Crippen LogP) is 4.06. The van der Waals surface area contributed by atoms with Crippen LogP contribution in [-0.2, 0) is 16.1 Å². The van der Waals surface area contributed by atoms with Gasteiger partial charge in [-0.2, -0.15) is 0 Å². The first-order chi connectivity index (χ1) is 13.7. The molecule has 1 aliphatic heterocycles. The number of nitrogens with one attached hydrogen (secondary N) is 1. The van der Waals surface area contributed by atoms with Crippen LogP contribution < -0.4 is 10.1 Å². The van der Waals surface area contributed by atoms with Crippen molar-refractivity contribution in [1.29, 1.82) is 0 Å². The largest absolute Gasteiger partial charge is 0.469 e. The summed E-state index contributed by atoms with van der Waals surface area (Å²) >= 11 is 0. The molecule has 29 heavy (non-hydrogen) atoms. The minimum absolute atomic E-state index is 0. The molecule has 1 N–H and O–H groups in total. The van der Waals surface area contributed by atoms with Crippen molar-refractivity contribution in [2.24, 2.45) is 10.9 Å². The lowest BCUT2D eigenvalue weighted by molar-refractivity contribution is -0.146. The first-order valence-corrected chi connectivity index (χ1v) is 9.55. The number of para-hydroxylation sites is 2. The van der Waals surface area contributed by atoms with E-state index in [-0.39, 0.29) is 35.9 Å². The van der Waals surface area contributed by atoms with Crippen LogP contribution in [0.3, 0.4) is 0 Å². The molecule has 1 aliphatic rings. The second kappa shape index (κ2) is 11.6. The van der Waals surface area contributed by atoms with Gasteiger partial charge in [0.1, 0.15) is 11.5 Å². The van der Waals surface area contributed by atoms with Crippen LogP contribution in [0.5, 0.6) is 11.5 Å². The van der Waals surface area contributed by atoms with E-state index in [4.69, 9.17) is 9.47 Å². The molecule has 156 valence electrons. The van der Waals surface area contributed by atoms with Crippen molar-refractivity contribution in [3.05, 3.63) is 60.2 Å². The highest BCUT2D eigenvalue weighted by atomic mass is 127. The van der Waals surface area contributed by atoms with Crippen LogP contribution in [0.4, 0.5) is 0 Å². The molecule has 0 bridgehead atoms. The number of ether oxygens (including phenoxy) is 2. The van der Waals surface area contributed by atoms with Gasteiger partial charge in [-0.15, -0.1) is 24.0 Å². The van der Waals surface area contributed by atoms with Crippen molar-refractivity contribution in [1.82, 2.24) is 10.2 Å². The van der Waals surface area contributed by atoms with Gasteiger partial charge in [0.25, 0.3) is 0 Å². The van der Waals surface area contributed by atoms with E-state index >= 15 is 0 Å². The summed E-state index contributed by atoms with van der Waals surface area (Å²) in [5.41, 5.74) is 1.05.